The van der Waals surface area contributed by atoms with Crippen LogP contribution in [-0.4, -0.2) is 48.0 Å². The summed E-state index contributed by atoms with van der Waals surface area (Å²) in [6, 6.07) is 0. The Balaban J connectivity index is 2.05. The molecule has 0 aromatic carbocycles. The molecule has 1 unspecified atom stereocenters. The highest BCUT2D eigenvalue weighted by molar-refractivity contribution is 5.34. The van der Waals surface area contributed by atoms with Crippen LogP contribution in [0.4, 0.5) is 5.95 Å². The minimum absolute atomic E-state index is 0.123. The van der Waals surface area contributed by atoms with Crippen LogP contribution in [0.5, 0.6) is 0 Å². The number of aromatic nitrogens is 4. The smallest absolute Gasteiger partial charge is 0.357 e. The molecule has 19 heavy (non-hydrogen) atoms. The number of hydrogen-bond acceptors (Lipinski definition) is 7. The molecule has 1 aliphatic heterocycles. The van der Waals surface area contributed by atoms with E-state index in [0.29, 0.717) is 6.42 Å². The zero-order chi connectivity index (χ0) is 13.6. The Morgan fingerprint density at radius 2 is 2.26 bits per heavy atom. The molecule has 0 radical (unpaired) electrons. The zero-order valence-electron chi connectivity index (χ0n) is 9.88. The first-order valence-corrected chi connectivity index (χ1v) is 5.77. The molecule has 3 heterocycles. The van der Waals surface area contributed by atoms with Gasteiger partial charge in [0.2, 0.25) is 11.7 Å². The lowest BCUT2D eigenvalue weighted by molar-refractivity contribution is -0.0432. The maximum absolute atomic E-state index is 11.6. The molecule has 0 bridgehead atoms. The topological polar surface area (TPSA) is 128 Å². The normalized spacial score (nSPS) is 27.2. The SMILES string of the molecule is Nc1nc(=O)n2ccn(C3C[C@@H](O)[C@H](CO)O3)c2n1. The first kappa shape index (κ1) is 12.1. The molecule has 0 aliphatic carbocycles. The Bertz CT molecular complexity index is 665. The summed E-state index contributed by atoms with van der Waals surface area (Å²) in [4.78, 5) is 19.1. The molecule has 9 nitrogen and oxygen atoms in total. The highest BCUT2D eigenvalue weighted by Gasteiger charge is 2.35. The van der Waals surface area contributed by atoms with Crippen LogP contribution in [0.3, 0.4) is 0 Å². The first-order chi connectivity index (χ1) is 9.10. The fraction of sp³-hybridized carbons (Fsp3) is 0.500. The lowest BCUT2D eigenvalue weighted by atomic mass is 10.2. The predicted octanol–water partition coefficient (Wildman–Crippen LogP) is -1.89. The molecule has 0 amide bonds. The van der Waals surface area contributed by atoms with E-state index < -0.39 is 24.1 Å². The fourth-order valence-corrected chi connectivity index (χ4v) is 2.21. The van der Waals surface area contributed by atoms with Crippen molar-refractivity contribution in [1.29, 1.82) is 0 Å². The predicted molar refractivity (Wildman–Crippen MR) is 63.3 cm³/mol. The van der Waals surface area contributed by atoms with Gasteiger partial charge in [0.1, 0.15) is 12.3 Å². The van der Waals surface area contributed by atoms with Gasteiger partial charge in [0.15, 0.2) is 0 Å². The van der Waals surface area contributed by atoms with Gasteiger partial charge in [-0.15, -0.1) is 0 Å². The van der Waals surface area contributed by atoms with Crippen LogP contribution in [0.1, 0.15) is 12.6 Å². The number of aliphatic hydroxyl groups is 2. The molecule has 4 N–H and O–H groups in total. The van der Waals surface area contributed by atoms with Crippen molar-refractivity contribution in [3.8, 4) is 0 Å². The number of nitrogens with zero attached hydrogens (tertiary/aromatic N) is 4. The molecule has 102 valence electrons. The number of anilines is 1. The second-order valence-corrected chi connectivity index (χ2v) is 4.35. The van der Waals surface area contributed by atoms with Gasteiger partial charge in [0, 0.05) is 18.8 Å². The van der Waals surface area contributed by atoms with E-state index in [-0.39, 0.29) is 18.3 Å². The summed E-state index contributed by atoms with van der Waals surface area (Å²) < 4.78 is 8.32. The Labute approximate surface area is 106 Å². The summed E-state index contributed by atoms with van der Waals surface area (Å²) in [7, 11) is 0. The maximum Gasteiger partial charge on any atom is 0.357 e. The third-order valence-electron chi connectivity index (χ3n) is 3.15. The van der Waals surface area contributed by atoms with Crippen molar-refractivity contribution in [3.63, 3.8) is 0 Å². The Morgan fingerprint density at radius 3 is 2.95 bits per heavy atom. The molecule has 1 fully saturated rings. The van der Waals surface area contributed by atoms with E-state index in [0.717, 1.165) is 0 Å². The Morgan fingerprint density at radius 1 is 1.47 bits per heavy atom. The lowest BCUT2D eigenvalue weighted by Crippen LogP contribution is -2.24. The van der Waals surface area contributed by atoms with Gasteiger partial charge in [-0.25, -0.2) is 9.20 Å². The molecule has 3 atom stereocenters. The number of nitrogen functional groups attached to an aromatic ring is 1. The molecule has 3 rings (SSSR count). The summed E-state index contributed by atoms with van der Waals surface area (Å²) in [6.07, 6.45) is 1.49. The van der Waals surface area contributed by atoms with Crippen molar-refractivity contribution in [2.45, 2.75) is 24.9 Å². The summed E-state index contributed by atoms with van der Waals surface area (Å²) in [6.45, 7) is -0.270. The van der Waals surface area contributed by atoms with Crippen LogP contribution < -0.4 is 11.4 Å². The van der Waals surface area contributed by atoms with Crippen LogP contribution in [0.25, 0.3) is 5.78 Å². The number of ether oxygens (including phenoxy) is 1. The Kier molecular flexibility index (Phi) is 2.73. The van der Waals surface area contributed by atoms with Crippen molar-refractivity contribution in [2.24, 2.45) is 0 Å². The van der Waals surface area contributed by atoms with Crippen LogP contribution in [-0.2, 0) is 4.74 Å². The van der Waals surface area contributed by atoms with Crippen LogP contribution in [0.15, 0.2) is 17.2 Å². The molecule has 0 spiro atoms. The highest BCUT2D eigenvalue weighted by atomic mass is 16.5. The number of nitrogens with two attached hydrogens (primary N) is 1. The van der Waals surface area contributed by atoms with Crippen molar-refractivity contribution < 1.29 is 14.9 Å². The number of imidazole rings is 1. The summed E-state index contributed by atoms with van der Waals surface area (Å²) >= 11 is 0. The molecule has 2 aromatic rings. The van der Waals surface area contributed by atoms with Crippen molar-refractivity contribution in [2.75, 3.05) is 12.3 Å². The third-order valence-corrected chi connectivity index (χ3v) is 3.15. The molecule has 1 saturated heterocycles. The second kappa shape index (κ2) is 4.30. The van der Waals surface area contributed by atoms with Crippen molar-refractivity contribution in [3.05, 3.63) is 22.9 Å². The van der Waals surface area contributed by atoms with E-state index in [4.69, 9.17) is 15.6 Å². The molecule has 9 heteroatoms. The van der Waals surface area contributed by atoms with E-state index in [1.54, 1.807) is 10.8 Å². The van der Waals surface area contributed by atoms with E-state index in [2.05, 4.69) is 9.97 Å². The van der Waals surface area contributed by atoms with Gasteiger partial charge in [-0.3, -0.25) is 4.57 Å². The summed E-state index contributed by atoms with van der Waals surface area (Å²) in [5, 5.41) is 18.8. The largest absolute Gasteiger partial charge is 0.394 e. The van der Waals surface area contributed by atoms with E-state index in [1.165, 1.54) is 10.6 Å². The number of aliphatic hydroxyl groups excluding tert-OH is 2. The van der Waals surface area contributed by atoms with Crippen LogP contribution >= 0.6 is 0 Å². The second-order valence-electron chi connectivity index (χ2n) is 4.35. The highest BCUT2D eigenvalue weighted by Crippen LogP contribution is 2.29. The van der Waals surface area contributed by atoms with Gasteiger partial charge in [0.25, 0.3) is 0 Å². The van der Waals surface area contributed by atoms with Gasteiger partial charge in [-0.2, -0.15) is 9.97 Å². The molecule has 2 aromatic heterocycles. The molecular weight excluding hydrogens is 254 g/mol. The zero-order valence-corrected chi connectivity index (χ0v) is 9.88. The van der Waals surface area contributed by atoms with E-state index >= 15 is 0 Å². The monoisotopic (exact) mass is 267 g/mol. The Hall–Kier alpha value is -1.97. The lowest BCUT2D eigenvalue weighted by Gasteiger charge is -2.13. The third kappa shape index (κ3) is 1.87. The standard InChI is InChI=1S/C10H13N5O4/c11-8-12-9-14(1-2-15(9)10(18)13-8)7-3-5(17)6(4-16)19-7/h1-2,5-7,16-17H,3-4H2,(H2,11,13,18)/t5-,6+,7?/m1/s1. The number of rotatable bonds is 2. The average molecular weight is 267 g/mol. The summed E-state index contributed by atoms with van der Waals surface area (Å²) in [5.41, 5.74) is 4.92. The van der Waals surface area contributed by atoms with E-state index in [1.807, 2.05) is 0 Å². The van der Waals surface area contributed by atoms with Gasteiger partial charge < -0.3 is 20.7 Å². The van der Waals surface area contributed by atoms with Crippen molar-refractivity contribution >= 4 is 11.7 Å². The molecule has 1 aliphatic rings. The van der Waals surface area contributed by atoms with E-state index in [9.17, 15) is 9.90 Å². The maximum atomic E-state index is 11.6. The van der Waals surface area contributed by atoms with Crippen LogP contribution in [0.2, 0.25) is 0 Å². The number of fused-ring (bicyclic) bond motifs is 1. The van der Waals surface area contributed by atoms with Gasteiger partial charge in [-0.05, 0) is 0 Å². The molecular formula is C10H13N5O4. The first-order valence-electron chi connectivity index (χ1n) is 5.77. The molecule has 0 saturated carbocycles. The minimum Gasteiger partial charge on any atom is -0.394 e. The van der Waals surface area contributed by atoms with Gasteiger partial charge in [-0.1, -0.05) is 0 Å². The fourth-order valence-electron chi connectivity index (χ4n) is 2.21. The summed E-state index contributed by atoms with van der Waals surface area (Å²) in [5.74, 6) is 0.162. The average Bonchev–Trinajstić information content (AvgIpc) is 2.92. The quantitative estimate of drug-likeness (QED) is 0.580. The number of hydrogen-bond donors (Lipinski definition) is 3. The van der Waals surface area contributed by atoms with Gasteiger partial charge in [0.05, 0.1) is 12.7 Å². The van der Waals surface area contributed by atoms with Gasteiger partial charge >= 0.3 is 5.69 Å². The van der Waals surface area contributed by atoms with Crippen LogP contribution in [0, 0.1) is 0 Å². The van der Waals surface area contributed by atoms with Crippen molar-refractivity contribution in [1.82, 2.24) is 18.9 Å². The minimum atomic E-state index is -0.761.